The minimum Gasteiger partial charge on any atom is -0.462 e. The van der Waals surface area contributed by atoms with E-state index in [1.165, 1.54) is 212 Å². The normalized spacial score (nSPS) is 14.3. The number of hydrogen-bond acceptors (Lipinski definition) is 15. The van der Waals surface area contributed by atoms with Crippen LogP contribution in [-0.2, 0) is 65.4 Å². The number of ether oxygens (including phenoxy) is 4. The van der Waals surface area contributed by atoms with Crippen molar-refractivity contribution in [3.8, 4) is 0 Å². The average molecular weight is 1440 g/mol. The fraction of sp³-hybridized carbons (Fsp3) is 0.949. The molecule has 0 aliphatic heterocycles. The third-order valence-corrected chi connectivity index (χ3v) is 20.6. The fourth-order valence-corrected chi connectivity index (χ4v) is 13.7. The summed E-state index contributed by atoms with van der Waals surface area (Å²) < 4.78 is 68.5. The fourth-order valence-electron chi connectivity index (χ4n) is 12.1. The second-order valence-corrected chi connectivity index (χ2v) is 32.6. The molecule has 0 heterocycles. The van der Waals surface area contributed by atoms with Crippen LogP contribution in [0.3, 0.4) is 0 Å². The summed E-state index contributed by atoms with van der Waals surface area (Å²) >= 11 is 0. The highest BCUT2D eigenvalue weighted by Crippen LogP contribution is 2.45. The number of rotatable bonds is 77. The summed E-state index contributed by atoms with van der Waals surface area (Å²) in [5, 5.41) is 10.6. The zero-order chi connectivity index (χ0) is 72.3. The Hall–Kier alpha value is -1.94. The van der Waals surface area contributed by atoms with Crippen LogP contribution in [0.1, 0.15) is 408 Å². The Labute approximate surface area is 600 Å². The van der Waals surface area contributed by atoms with Gasteiger partial charge in [0.15, 0.2) is 12.2 Å². The molecular weight excluding hydrogens is 1280 g/mol. The Kier molecular flexibility index (Phi) is 68.1. The van der Waals surface area contributed by atoms with Gasteiger partial charge in [0.25, 0.3) is 0 Å². The maximum absolute atomic E-state index is 13.1. The number of aliphatic hydroxyl groups excluding tert-OH is 1. The summed E-state index contributed by atoms with van der Waals surface area (Å²) in [7, 11) is -9.91. The molecule has 0 aromatic heterocycles. The maximum Gasteiger partial charge on any atom is 0.472 e. The van der Waals surface area contributed by atoms with E-state index in [2.05, 4.69) is 48.5 Å². The number of unbranched alkanes of at least 4 members (excludes halogenated alkanes) is 44. The van der Waals surface area contributed by atoms with Gasteiger partial charge in [0, 0.05) is 25.7 Å². The summed E-state index contributed by atoms with van der Waals surface area (Å²) in [5.74, 6) is 0.233. The maximum atomic E-state index is 13.1. The highest BCUT2D eigenvalue weighted by atomic mass is 31.2. The van der Waals surface area contributed by atoms with Crippen molar-refractivity contribution in [1.29, 1.82) is 0 Å². The van der Waals surface area contributed by atoms with Crippen molar-refractivity contribution in [3.05, 3.63) is 0 Å². The Morgan fingerprint density at radius 1 is 0.296 bits per heavy atom. The average Bonchev–Trinajstić information content (AvgIpc) is 0.961. The van der Waals surface area contributed by atoms with Gasteiger partial charge in [0.1, 0.15) is 19.3 Å². The predicted molar refractivity (Wildman–Crippen MR) is 400 cm³/mol. The third kappa shape index (κ3) is 71.1. The summed E-state index contributed by atoms with van der Waals surface area (Å²) in [4.78, 5) is 72.8. The largest absolute Gasteiger partial charge is 0.472 e. The molecule has 0 saturated heterocycles. The molecular formula is C79H154O17P2. The SMILES string of the molecule is CCCCCCCCCCCCC(=O)O[C@H](COC(=O)CCCCCCCCC(C)C)COP(=O)(O)OC[C@H](O)COP(=O)(O)OC[C@@H](COC(=O)CCCCCCCCCCCCCCCCC(C)C)OC(=O)CCCCCCCCCCCCCCCCCCCCC(C)CC. The van der Waals surface area contributed by atoms with E-state index >= 15 is 0 Å². The summed E-state index contributed by atoms with van der Waals surface area (Å²) in [6.45, 7) is 11.9. The molecule has 0 bridgehead atoms. The molecule has 0 saturated carbocycles. The number of esters is 4. The topological polar surface area (TPSA) is 237 Å². The monoisotopic (exact) mass is 1440 g/mol. The van der Waals surface area contributed by atoms with Crippen LogP contribution in [0.5, 0.6) is 0 Å². The van der Waals surface area contributed by atoms with Crippen LogP contribution in [0.15, 0.2) is 0 Å². The molecule has 582 valence electrons. The molecule has 0 aromatic rings. The molecule has 17 nitrogen and oxygen atoms in total. The van der Waals surface area contributed by atoms with Crippen molar-refractivity contribution < 1.29 is 80.2 Å². The Morgan fingerprint density at radius 2 is 0.520 bits per heavy atom. The molecule has 0 amide bonds. The number of aliphatic hydroxyl groups is 1. The first-order valence-corrected chi connectivity index (χ1v) is 43.9. The number of carbonyl (C=O) groups is 4. The lowest BCUT2D eigenvalue weighted by atomic mass is 9.99. The lowest BCUT2D eigenvalue weighted by molar-refractivity contribution is -0.161. The van der Waals surface area contributed by atoms with E-state index in [0.717, 1.165) is 108 Å². The molecule has 6 atom stereocenters. The first-order valence-electron chi connectivity index (χ1n) is 40.9. The van der Waals surface area contributed by atoms with Crippen LogP contribution >= 0.6 is 15.6 Å². The molecule has 19 heteroatoms. The van der Waals surface area contributed by atoms with E-state index in [9.17, 15) is 43.2 Å². The summed E-state index contributed by atoms with van der Waals surface area (Å²) in [6, 6.07) is 0. The number of hydrogen-bond donors (Lipinski definition) is 3. The van der Waals surface area contributed by atoms with Gasteiger partial charge >= 0.3 is 39.5 Å². The highest BCUT2D eigenvalue weighted by Gasteiger charge is 2.30. The Morgan fingerprint density at radius 3 is 0.776 bits per heavy atom. The van der Waals surface area contributed by atoms with Crippen LogP contribution in [-0.4, -0.2) is 96.7 Å². The van der Waals surface area contributed by atoms with E-state index in [1.807, 2.05) is 0 Å². The van der Waals surface area contributed by atoms with Crippen LogP contribution in [0.4, 0.5) is 0 Å². The van der Waals surface area contributed by atoms with Crippen LogP contribution in [0.25, 0.3) is 0 Å². The van der Waals surface area contributed by atoms with E-state index in [4.69, 9.17) is 37.0 Å². The molecule has 0 radical (unpaired) electrons. The van der Waals surface area contributed by atoms with E-state index in [0.29, 0.717) is 31.6 Å². The van der Waals surface area contributed by atoms with Gasteiger partial charge < -0.3 is 33.8 Å². The second-order valence-electron chi connectivity index (χ2n) is 29.6. The van der Waals surface area contributed by atoms with Crippen molar-refractivity contribution in [3.63, 3.8) is 0 Å². The molecule has 98 heavy (non-hydrogen) atoms. The molecule has 3 N–H and O–H groups in total. The predicted octanol–water partition coefficient (Wildman–Crippen LogP) is 23.4. The minimum atomic E-state index is -4.96. The van der Waals surface area contributed by atoms with E-state index < -0.39 is 97.5 Å². The Bertz CT molecular complexity index is 1910. The van der Waals surface area contributed by atoms with Gasteiger partial charge in [-0.1, -0.05) is 357 Å². The van der Waals surface area contributed by atoms with E-state index in [1.54, 1.807) is 0 Å². The van der Waals surface area contributed by atoms with Gasteiger partial charge in [-0.25, -0.2) is 9.13 Å². The summed E-state index contributed by atoms with van der Waals surface area (Å²) in [6.07, 6.45) is 57.1. The van der Waals surface area contributed by atoms with Crippen LogP contribution in [0, 0.1) is 17.8 Å². The first-order chi connectivity index (χ1) is 47.3. The van der Waals surface area contributed by atoms with Gasteiger partial charge in [-0.05, 0) is 43.4 Å². The molecule has 0 spiro atoms. The molecule has 0 aliphatic carbocycles. The summed E-state index contributed by atoms with van der Waals surface area (Å²) in [5.41, 5.74) is 0. The lowest BCUT2D eigenvalue weighted by Gasteiger charge is -2.21. The van der Waals surface area contributed by atoms with Gasteiger partial charge in [-0.2, -0.15) is 0 Å². The highest BCUT2D eigenvalue weighted by molar-refractivity contribution is 7.47. The molecule has 0 fully saturated rings. The van der Waals surface area contributed by atoms with Crippen molar-refractivity contribution in [2.75, 3.05) is 39.6 Å². The van der Waals surface area contributed by atoms with Crippen molar-refractivity contribution in [1.82, 2.24) is 0 Å². The van der Waals surface area contributed by atoms with Gasteiger partial charge in [-0.3, -0.25) is 37.3 Å². The lowest BCUT2D eigenvalue weighted by Crippen LogP contribution is -2.30. The number of phosphoric ester groups is 2. The van der Waals surface area contributed by atoms with Crippen LogP contribution < -0.4 is 0 Å². The number of carbonyl (C=O) groups excluding carboxylic acids is 4. The molecule has 0 aliphatic rings. The Balaban J connectivity index is 5.18. The molecule has 0 aromatic carbocycles. The quantitative estimate of drug-likeness (QED) is 0.0222. The van der Waals surface area contributed by atoms with E-state index in [-0.39, 0.29) is 25.7 Å². The zero-order valence-corrected chi connectivity index (χ0v) is 66.0. The molecule has 3 unspecified atom stereocenters. The van der Waals surface area contributed by atoms with Gasteiger partial charge in [0.05, 0.1) is 26.4 Å². The molecule has 0 rings (SSSR count). The van der Waals surface area contributed by atoms with Gasteiger partial charge in [0.2, 0.25) is 0 Å². The third-order valence-electron chi connectivity index (χ3n) is 18.7. The first kappa shape index (κ1) is 96.1. The second kappa shape index (κ2) is 69.4. The zero-order valence-electron chi connectivity index (χ0n) is 64.3. The number of phosphoric acid groups is 2. The van der Waals surface area contributed by atoms with Crippen molar-refractivity contribution in [2.24, 2.45) is 17.8 Å². The van der Waals surface area contributed by atoms with Gasteiger partial charge in [-0.15, -0.1) is 0 Å². The van der Waals surface area contributed by atoms with Crippen molar-refractivity contribution >= 4 is 39.5 Å². The standard InChI is InChI=1S/C79H154O17P2/c1-8-10-11-12-13-14-33-39-48-55-62-78(83)96-75(67-90-77(82)61-54-47-42-41-44-51-58-71(5)6)69-94-98(87,88)92-65-73(80)64-91-97(85,86)93-68-74(66-89-76(81)60-53-46-38-34-29-25-22-21-23-27-31-36-43-50-57-70(3)4)95-79(84)63-56-49-40-35-30-26-20-18-16-15-17-19-24-28-32-37-45-52-59-72(7)9-2/h70-75,80H,8-69H2,1-7H3,(H,85,86)(H,87,88)/t72?,73-,74-,75-/m1/s1. The van der Waals surface area contributed by atoms with Crippen molar-refractivity contribution in [2.45, 2.75) is 426 Å². The minimum absolute atomic E-state index is 0.105. The van der Waals surface area contributed by atoms with Crippen LogP contribution in [0.2, 0.25) is 0 Å². The smallest absolute Gasteiger partial charge is 0.462 e.